The van der Waals surface area contributed by atoms with Crippen LogP contribution in [0.5, 0.6) is 0 Å². The molecule has 0 aliphatic rings. The Hall–Kier alpha value is -2.66. The summed E-state index contributed by atoms with van der Waals surface area (Å²) < 4.78 is 4.19. The molecule has 1 aromatic heterocycles. The van der Waals surface area contributed by atoms with Gasteiger partial charge in [0, 0.05) is 22.8 Å². The Bertz CT molecular complexity index is 759. The monoisotopic (exact) mass is 351 g/mol. The highest BCUT2D eigenvalue weighted by atomic mass is 32.2. The molecule has 0 atom stereocenters. The molecule has 2 aromatic rings. The van der Waals surface area contributed by atoms with E-state index in [0.717, 1.165) is 23.3 Å². The molecule has 0 unspecified atom stereocenters. The maximum atomic E-state index is 10.6. The van der Waals surface area contributed by atoms with Crippen LogP contribution >= 0.6 is 23.3 Å². The molecule has 2 rings (SSSR count). The minimum Gasteiger partial charge on any atom is -0.370 e. The van der Waals surface area contributed by atoms with Crippen molar-refractivity contribution >= 4 is 40.1 Å². The van der Waals surface area contributed by atoms with Crippen LogP contribution in [0.15, 0.2) is 35.5 Å². The maximum Gasteiger partial charge on any atom is 0.264 e. The lowest BCUT2D eigenvalue weighted by atomic mass is 10.2. The fraction of sp³-hybridized carbons (Fsp3) is 0.0833. The molecule has 0 amide bonds. The average Bonchev–Trinajstić information content (AvgIpc) is 2.94. The van der Waals surface area contributed by atoms with E-state index in [1.54, 1.807) is 24.5 Å². The van der Waals surface area contributed by atoms with Crippen molar-refractivity contribution in [2.45, 2.75) is 0 Å². The van der Waals surface area contributed by atoms with Gasteiger partial charge in [-0.2, -0.15) is 9.36 Å². The van der Waals surface area contributed by atoms with E-state index < -0.39 is 4.92 Å². The number of hydrogen-bond donors (Lipinski definition) is 4. The van der Waals surface area contributed by atoms with Crippen molar-refractivity contribution in [3.63, 3.8) is 0 Å². The predicted molar refractivity (Wildman–Crippen MR) is 93.1 cm³/mol. The Kier molecular flexibility index (Phi) is 5.49. The van der Waals surface area contributed by atoms with Gasteiger partial charge < -0.3 is 16.4 Å². The topological polar surface area (TPSA) is 143 Å². The first kappa shape index (κ1) is 16.7. The first-order chi connectivity index (χ1) is 11.0. The van der Waals surface area contributed by atoms with Crippen molar-refractivity contribution in [2.24, 2.45) is 5.73 Å². The van der Waals surface area contributed by atoms with Crippen molar-refractivity contribution in [2.75, 3.05) is 16.9 Å². The lowest BCUT2D eigenvalue weighted by molar-refractivity contribution is -0.402. The van der Waals surface area contributed by atoms with Crippen molar-refractivity contribution in [1.82, 2.24) is 9.36 Å². The smallest absolute Gasteiger partial charge is 0.264 e. The Labute approximate surface area is 139 Å². The molecule has 0 saturated carbocycles. The van der Waals surface area contributed by atoms with Crippen LogP contribution in [0, 0.1) is 15.5 Å². The number of guanidine groups is 1. The predicted octanol–water partition coefficient (Wildman–Crippen LogP) is 2.36. The molecule has 1 heterocycles. The van der Waals surface area contributed by atoms with Gasteiger partial charge in [-0.05, 0) is 18.4 Å². The van der Waals surface area contributed by atoms with Crippen molar-refractivity contribution < 1.29 is 4.92 Å². The number of hydrogen-bond acceptors (Lipinski definition) is 8. The number of anilines is 2. The summed E-state index contributed by atoms with van der Waals surface area (Å²) in [4.78, 5) is 14.3. The normalized spacial score (nSPS) is 11.1. The van der Waals surface area contributed by atoms with E-state index in [1.807, 2.05) is 6.07 Å². The fourth-order valence-corrected chi connectivity index (χ4v) is 2.63. The summed E-state index contributed by atoms with van der Waals surface area (Å²) in [6.45, 7) is 0. The van der Waals surface area contributed by atoms with E-state index in [-0.39, 0.29) is 5.96 Å². The van der Waals surface area contributed by atoms with Crippen molar-refractivity contribution in [1.29, 1.82) is 5.41 Å². The number of nitrogens with zero attached hydrogens (tertiary/aromatic N) is 3. The number of thioether (sulfide) groups is 1. The van der Waals surface area contributed by atoms with Gasteiger partial charge in [0.25, 0.3) is 6.20 Å². The van der Waals surface area contributed by atoms with E-state index in [4.69, 9.17) is 11.1 Å². The number of nitrogens with two attached hydrogens (primary N) is 1. The van der Waals surface area contributed by atoms with Gasteiger partial charge in [-0.15, -0.1) is 11.8 Å². The average molecular weight is 351 g/mol. The van der Waals surface area contributed by atoms with Crippen LogP contribution in [0.2, 0.25) is 0 Å². The summed E-state index contributed by atoms with van der Waals surface area (Å²) in [5.41, 5.74) is 6.67. The number of aromatic nitrogens is 2. The first-order valence-corrected chi connectivity index (χ1v) is 8.19. The highest BCUT2D eigenvalue weighted by Crippen LogP contribution is 2.25. The van der Waals surface area contributed by atoms with E-state index in [9.17, 15) is 10.1 Å². The third kappa shape index (κ3) is 4.93. The van der Waals surface area contributed by atoms with E-state index in [2.05, 4.69) is 20.0 Å². The molecule has 1 aromatic carbocycles. The van der Waals surface area contributed by atoms with Crippen molar-refractivity contribution in [3.05, 3.63) is 45.6 Å². The van der Waals surface area contributed by atoms with Crippen molar-refractivity contribution in [3.8, 4) is 11.4 Å². The number of nitro groups is 1. The Balaban J connectivity index is 2.21. The summed E-state index contributed by atoms with van der Waals surface area (Å²) in [5, 5.41) is 24.1. The summed E-state index contributed by atoms with van der Waals surface area (Å²) in [7, 11) is 0. The third-order valence-corrected chi connectivity index (χ3v) is 3.78. The molecule has 0 spiro atoms. The fourth-order valence-electron chi connectivity index (χ4n) is 1.62. The largest absolute Gasteiger partial charge is 0.370 e. The zero-order chi connectivity index (χ0) is 16.8. The van der Waals surface area contributed by atoms with E-state index in [0.29, 0.717) is 21.7 Å². The van der Waals surface area contributed by atoms with Gasteiger partial charge in [-0.1, -0.05) is 12.1 Å². The number of benzene rings is 1. The minimum absolute atomic E-state index is 0.211. The van der Waals surface area contributed by atoms with Gasteiger partial charge in [-0.25, -0.2) is 0 Å². The van der Waals surface area contributed by atoms with E-state index in [1.165, 1.54) is 11.8 Å². The van der Waals surface area contributed by atoms with Crippen LogP contribution in [0.3, 0.4) is 0 Å². The highest BCUT2D eigenvalue weighted by molar-refractivity contribution is 8.02. The van der Waals surface area contributed by atoms with E-state index >= 15 is 0 Å². The standard InChI is InChI=1S/C12H13N7O2S2/c1-22-9(6-19(20)21)15-8-4-2-3-7(5-8)10-16-12(23-18-10)17-11(13)14/h2-6,15H,1H3,(H4,13,14,16,17,18). The first-order valence-electron chi connectivity index (χ1n) is 6.19. The van der Waals surface area contributed by atoms with Gasteiger partial charge in [-0.3, -0.25) is 15.5 Å². The second-order valence-corrected chi connectivity index (χ2v) is 5.75. The minimum atomic E-state index is -0.510. The molecule has 0 saturated heterocycles. The van der Waals surface area contributed by atoms with Gasteiger partial charge in [0.05, 0.1) is 4.92 Å². The molecular formula is C12H13N7O2S2. The van der Waals surface area contributed by atoms with Crippen LogP contribution in [-0.2, 0) is 0 Å². The highest BCUT2D eigenvalue weighted by Gasteiger charge is 2.09. The Morgan fingerprint density at radius 1 is 1.52 bits per heavy atom. The molecule has 0 radical (unpaired) electrons. The zero-order valence-electron chi connectivity index (χ0n) is 11.9. The van der Waals surface area contributed by atoms with Crippen LogP contribution < -0.4 is 16.4 Å². The summed E-state index contributed by atoms with van der Waals surface area (Å²) in [6.07, 6.45) is 2.65. The van der Waals surface area contributed by atoms with Gasteiger partial charge in [0.15, 0.2) is 11.8 Å². The molecule has 0 fully saturated rings. The summed E-state index contributed by atoms with van der Waals surface area (Å²) in [6, 6.07) is 7.18. The van der Waals surface area contributed by atoms with Gasteiger partial charge >= 0.3 is 0 Å². The molecule has 11 heteroatoms. The van der Waals surface area contributed by atoms with Crippen LogP contribution in [0.4, 0.5) is 10.8 Å². The lowest BCUT2D eigenvalue weighted by Gasteiger charge is -2.07. The third-order valence-electron chi connectivity index (χ3n) is 2.50. The molecule has 5 N–H and O–H groups in total. The molecule has 9 nitrogen and oxygen atoms in total. The molecule has 0 aliphatic heterocycles. The van der Waals surface area contributed by atoms with Crippen LogP contribution in [0.1, 0.15) is 0 Å². The SMILES string of the molecule is CSC(=C[N+](=O)[O-])Nc1cccc(-c2nsc(NC(=N)N)n2)c1. The Morgan fingerprint density at radius 3 is 2.96 bits per heavy atom. The quantitative estimate of drug-likeness (QED) is 0.269. The molecular weight excluding hydrogens is 338 g/mol. The van der Waals surface area contributed by atoms with Gasteiger partial charge in [0.1, 0.15) is 5.03 Å². The van der Waals surface area contributed by atoms with Crippen LogP contribution in [-0.4, -0.2) is 26.5 Å². The van der Waals surface area contributed by atoms with Crippen LogP contribution in [0.25, 0.3) is 11.4 Å². The number of nitrogens with one attached hydrogen (secondary N) is 3. The lowest BCUT2D eigenvalue weighted by Crippen LogP contribution is -2.20. The second kappa shape index (κ2) is 7.56. The second-order valence-electron chi connectivity index (χ2n) is 4.15. The zero-order valence-corrected chi connectivity index (χ0v) is 13.6. The molecule has 0 aliphatic carbocycles. The summed E-state index contributed by atoms with van der Waals surface area (Å²) in [5.74, 6) is 0.268. The molecule has 23 heavy (non-hydrogen) atoms. The van der Waals surface area contributed by atoms with Gasteiger partial charge in [0.2, 0.25) is 5.13 Å². The number of rotatable bonds is 6. The maximum absolute atomic E-state index is 10.6. The molecule has 120 valence electrons. The summed E-state index contributed by atoms with van der Waals surface area (Å²) >= 11 is 2.32. The molecule has 0 bridgehead atoms. The Morgan fingerprint density at radius 2 is 2.30 bits per heavy atom.